The maximum absolute atomic E-state index is 12.2. The van der Waals surface area contributed by atoms with E-state index in [0.29, 0.717) is 11.3 Å². The highest BCUT2D eigenvalue weighted by Gasteiger charge is 2.32. The van der Waals surface area contributed by atoms with E-state index in [1.54, 1.807) is 0 Å². The van der Waals surface area contributed by atoms with E-state index in [9.17, 15) is 18.3 Å². The second-order valence-electron chi connectivity index (χ2n) is 2.63. The summed E-state index contributed by atoms with van der Waals surface area (Å²) in [4.78, 5) is 1.76. The number of halogens is 3. The number of alkyl halides is 3. The van der Waals surface area contributed by atoms with Crippen LogP contribution in [-0.4, -0.2) is 11.7 Å². The zero-order valence-corrected chi connectivity index (χ0v) is 8.09. The molecule has 0 unspecified atom stereocenters. The Bertz CT molecular complexity index is 383. The number of azide groups is 1. The third kappa shape index (κ3) is 3.12. The normalized spacial score (nSPS) is 13.3. The Morgan fingerprint density at radius 1 is 1.53 bits per heavy atom. The number of hydrogen-bond donors (Lipinski definition) is 1. The van der Waals surface area contributed by atoms with Gasteiger partial charge in [0, 0.05) is 9.79 Å². The fourth-order valence-corrected chi connectivity index (χ4v) is 1.74. The molecule has 1 heterocycles. The molecule has 0 fully saturated rings. The molecule has 0 saturated heterocycles. The van der Waals surface area contributed by atoms with Crippen LogP contribution in [0.5, 0.6) is 0 Å². The first-order valence-electron chi connectivity index (χ1n) is 3.81. The average Bonchev–Trinajstić information content (AvgIpc) is 2.62. The molecule has 0 aliphatic carbocycles. The first kappa shape index (κ1) is 11.8. The maximum atomic E-state index is 12.2. The molecule has 1 atom stereocenters. The van der Waals surface area contributed by atoms with Crippen LogP contribution in [0.25, 0.3) is 10.4 Å². The number of hydrogen-bond acceptors (Lipinski definition) is 3. The zero-order chi connectivity index (χ0) is 11.5. The lowest BCUT2D eigenvalue weighted by Crippen LogP contribution is -2.01. The van der Waals surface area contributed by atoms with E-state index in [2.05, 4.69) is 10.0 Å². The molecular weight excluding hydrogens is 231 g/mol. The lowest BCUT2D eigenvalue weighted by molar-refractivity contribution is -0.134. The maximum Gasteiger partial charge on any atom is 0.425 e. The fraction of sp³-hybridized carbons (Fsp3) is 0.429. The van der Waals surface area contributed by atoms with Crippen LogP contribution in [0, 0.1) is 0 Å². The highest BCUT2D eigenvalue weighted by Crippen LogP contribution is 2.36. The smallest absolute Gasteiger partial charge is 0.387 e. The van der Waals surface area contributed by atoms with Gasteiger partial charge in [-0.25, -0.2) is 0 Å². The van der Waals surface area contributed by atoms with Gasteiger partial charge in [0.2, 0.25) is 0 Å². The minimum Gasteiger partial charge on any atom is -0.387 e. The van der Waals surface area contributed by atoms with Crippen molar-refractivity contribution in [1.82, 2.24) is 0 Å². The molecule has 0 aliphatic rings. The molecule has 8 heteroatoms. The van der Waals surface area contributed by atoms with Crippen LogP contribution in [0.1, 0.15) is 15.9 Å². The summed E-state index contributed by atoms with van der Waals surface area (Å²) in [5.41, 5.74) is 7.97. The number of nitrogens with zero attached hydrogens (tertiary/aromatic N) is 3. The summed E-state index contributed by atoms with van der Waals surface area (Å²) in [6, 6.07) is 2.06. The van der Waals surface area contributed by atoms with E-state index >= 15 is 0 Å². The quantitative estimate of drug-likeness (QED) is 0.489. The van der Waals surface area contributed by atoms with Gasteiger partial charge in [-0.05, 0) is 17.7 Å². The molecule has 0 aliphatic heterocycles. The molecule has 0 amide bonds. The van der Waals surface area contributed by atoms with Gasteiger partial charge in [-0.1, -0.05) is 5.11 Å². The van der Waals surface area contributed by atoms with Crippen molar-refractivity contribution < 1.29 is 18.3 Å². The lowest BCUT2D eigenvalue weighted by Gasteiger charge is -2.04. The third-order valence-corrected chi connectivity index (χ3v) is 2.78. The van der Waals surface area contributed by atoms with Gasteiger partial charge in [0.25, 0.3) is 0 Å². The topological polar surface area (TPSA) is 69.0 Å². The third-order valence-electron chi connectivity index (χ3n) is 1.55. The summed E-state index contributed by atoms with van der Waals surface area (Å²) in [5, 5.41) is 12.4. The molecular formula is C7H6F3N3OS. The molecule has 0 aromatic carbocycles. The van der Waals surface area contributed by atoms with Crippen molar-refractivity contribution in [3.63, 3.8) is 0 Å². The van der Waals surface area contributed by atoms with Crippen molar-refractivity contribution >= 4 is 11.3 Å². The Morgan fingerprint density at radius 2 is 2.20 bits per heavy atom. The summed E-state index contributed by atoms with van der Waals surface area (Å²) in [7, 11) is 0. The van der Waals surface area contributed by atoms with Crippen molar-refractivity contribution in [2.75, 3.05) is 6.54 Å². The second kappa shape index (κ2) is 4.52. The van der Waals surface area contributed by atoms with Gasteiger partial charge in [-0.3, -0.25) is 0 Å². The van der Waals surface area contributed by atoms with Crippen molar-refractivity contribution in [3.8, 4) is 0 Å². The summed E-state index contributed by atoms with van der Waals surface area (Å²) in [6.45, 7) is -0.270. The number of thiophene rings is 1. The van der Waals surface area contributed by atoms with E-state index in [1.165, 1.54) is 6.07 Å². The van der Waals surface area contributed by atoms with Crippen LogP contribution in [0.4, 0.5) is 13.2 Å². The number of rotatable bonds is 3. The molecule has 0 radical (unpaired) electrons. The van der Waals surface area contributed by atoms with Gasteiger partial charge in [0.05, 0.1) is 12.6 Å². The molecule has 1 rings (SSSR count). The predicted molar refractivity (Wildman–Crippen MR) is 48.3 cm³/mol. The van der Waals surface area contributed by atoms with Crippen molar-refractivity contribution in [1.29, 1.82) is 0 Å². The fourth-order valence-electron chi connectivity index (χ4n) is 0.888. The Hall–Kier alpha value is -1.24. The molecule has 1 aromatic rings. The molecule has 4 nitrogen and oxygen atoms in total. The summed E-state index contributed by atoms with van der Waals surface area (Å²) in [5.74, 6) is 0. The van der Waals surface area contributed by atoms with E-state index in [1.807, 2.05) is 0 Å². The number of aliphatic hydroxyl groups is 1. The molecule has 0 bridgehead atoms. The monoisotopic (exact) mass is 237 g/mol. The predicted octanol–water partition coefficient (Wildman–Crippen LogP) is 3.11. The second-order valence-corrected chi connectivity index (χ2v) is 3.74. The molecule has 1 aromatic heterocycles. The van der Waals surface area contributed by atoms with E-state index in [-0.39, 0.29) is 11.4 Å². The first-order valence-corrected chi connectivity index (χ1v) is 4.62. The number of aliphatic hydroxyl groups excluding tert-OH is 1. The van der Waals surface area contributed by atoms with Gasteiger partial charge in [-0.2, -0.15) is 13.2 Å². The van der Waals surface area contributed by atoms with Gasteiger partial charge < -0.3 is 5.11 Å². The van der Waals surface area contributed by atoms with E-state index in [4.69, 9.17) is 5.53 Å². The van der Waals surface area contributed by atoms with Crippen LogP contribution < -0.4 is 0 Å². The summed E-state index contributed by atoms with van der Waals surface area (Å²) >= 11 is 0.440. The highest BCUT2D eigenvalue weighted by atomic mass is 32.1. The minimum atomic E-state index is -4.40. The van der Waals surface area contributed by atoms with Crippen LogP contribution in [-0.2, 0) is 6.18 Å². The van der Waals surface area contributed by atoms with Gasteiger partial charge in [0.15, 0.2) is 0 Å². The standard InChI is InChI=1S/C7H6F3N3OS/c8-7(9,10)6-2-1-5(15-6)4(14)3-12-13-11/h1-2,4,14H,3H2/t4-/m1/s1. The van der Waals surface area contributed by atoms with Crippen molar-refractivity contribution in [3.05, 3.63) is 32.3 Å². The Morgan fingerprint density at radius 3 is 2.67 bits per heavy atom. The Balaban J connectivity index is 2.80. The molecule has 0 saturated carbocycles. The molecule has 0 spiro atoms. The van der Waals surface area contributed by atoms with Crippen molar-refractivity contribution in [2.45, 2.75) is 12.3 Å². The highest BCUT2D eigenvalue weighted by molar-refractivity contribution is 7.12. The van der Waals surface area contributed by atoms with Gasteiger partial charge >= 0.3 is 6.18 Å². The van der Waals surface area contributed by atoms with Crippen LogP contribution >= 0.6 is 11.3 Å². The Labute approximate surface area is 86.6 Å². The largest absolute Gasteiger partial charge is 0.425 e. The van der Waals surface area contributed by atoms with Crippen molar-refractivity contribution in [2.24, 2.45) is 5.11 Å². The van der Waals surface area contributed by atoms with E-state index < -0.39 is 17.2 Å². The SMILES string of the molecule is [N-]=[N+]=NC[C@@H](O)c1ccc(C(F)(F)F)s1. The van der Waals surface area contributed by atoms with E-state index in [0.717, 1.165) is 6.07 Å². The van der Waals surface area contributed by atoms with Crippen LogP contribution in [0.3, 0.4) is 0 Å². The zero-order valence-electron chi connectivity index (χ0n) is 7.27. The molecule has 15 heavy (non-hydrogen) atoms. The lowest BCUT2D eigenvalue weighted by atomic mass is 10.3. The molecule has 82 valence electrons. The average molecular weight is 237 g/mol. The van der Waals surface area contributed by atoms with Crippen LogP contribution in [0.15, 0.2) is 17.2 Å². The Kier molecular flexibility index (Phi) is 3.57. The first-order chi connectivity index (χ1) is 6.95. The summed E-state index contributed by atoms with van der Waals surface area (Å²) < 4.78 is 36.5. The van der Waals surface area contributed by atoms with Gasteiger partial charge in [-0.15, -0.1) is 11.3 Å². The molecule has 1 N–H and O–H groups in total. The summed E-state index contributed by atoms with van der Waals surface area (Å²) in [6.07, 6.45) is -5.58. The van der Waals surface area contributed by atoms with Crippen LogP contribution in [0.2, 0.25) is 0 Å². The minimum absolute atomic E-state index is 0.134. The van der Waals surface area contributed by atoms with Gasteiger partial charge in [0.1, 0.15) is 4.88 Å².